The van der Waals surface area contributed by atoms with Crippen LogP contribution in [0.25, 0.3) is 0 Å². The first kappa shape index (κ1) is 58.9. The van der Waals surface area contributed by atoms with Crippen molar-refractivity contribution in [1.29, 1.82) is 0 Å². The Morgan fingerprint density at radius 2 is 0.649 bits per heavy atom. The van der Waals surface area contributed by atoms with Gasteiger partial charge in [-0.15, -0.1) is 19.7 Å². The molecule has 8 aliphatic carbocycles. The number of aryl methyl sites for hydroxylation is 1. The lowest BCUT2D eigenvalue weighted by atomic mass is 9.68. The van der Waals surface area contributed by atoms with Crippen LogP contribution in [0.1, 0.15) is 266 Å². The van der Waals surface area contributed by atoms with Crippen molar-refractivity contribution in [2.24, 2.45) is 82.9 Å². The van der Waals surface area contributed by atoms with Crippen LogP contribution in [0.2, 0.25) is 0 Å². The molecule has 428 valence electrons. The lowest BCUT2D eigenvalue weighted by Crippen LogP contribution is -2.25. The molecule has 74 heavy (non-hydrogen) atoms. The molecular weight excluding hydrogens is 903 g/mol. The number of benzene rings is 2. The number of rotatable bonds is 10. The van der Waals surface area contributed by atoms with Gasteiger partial charge < -0.3 is 0 Å². The first-order chi connectivity index (χ1) is 36.0. The van der Waals surface area contributed by atoms with Crippen LogP contribution < -0.4 is 0 Å². The van der Waals surface area contributed by atoms with Gasteiger partial charge in [-0.2, -0.15) is 0 Å². The minimum atomic E-state index is -0.739. The molecule has 2 heteroatoms. The zero-order chi connectivity index (χ0) is 52.2. The third kappa shape index (κ3) is 18.2. The van der Waals surface area contributed by atoms with Gasteiger partial charge in [-0.3, -0.25) is 0 Å². The summed E-state index contributed by atoms with van der Waals surface area (Å²) in [6.07, 6.45) is 56.4. The first-order valence-corrected chi connectivity index (χ1v) is 32.0. The normalized spacial score (nSPS) is 36.8. The van der Waals surface area contributed by atoms with Gasteiger partial charge in [-0.25, -0.2) is 8.78 Å². The van der Waals surface area contributed by atoms with Gasteiger partial charge in [0.05, 0.1) is 0 Å². The molecule has 0 N–H and O–H groups in total. The molecule has 0 saturated heterocycles. The van der Waals surface area contributed by atoms with E-state index < -0.39 is 11.6 Å². The Morgan fingerprint density at radius 3 is 0.959 bits per heavy atom. The molecule has 2 aromatic carbocycles. The van der Waals surface area contributed by atoms with Crippen molar-refractivity contribution in [2.75, 3.05) is 0 Å². The fourth-order valence-electron chi connectivity index (χ4n) is 16.6. The third-order valence-corrected chi connectivity index (χ3v) is 22.0. The second-order valence-corrected chi connectivity index (χ2v) is 26.8. The predicted octanol–water partition coefficient (Wildman–Crippen LogP) is 24.5. The Hall–Kier alpha value is -2.74. The molecule has 0 spiro atoms. The summed E-state index contributed by atoms with van der Waals surface area (Å²) in [5, 5.41) is 0. The van der Waals surface area contributed by atoms with E-state index in [0.29, 0.717) is 5.92 Å². The van der Waals surface area contributed by atoms with Crippen LogP contribution in [0, 0.1) is 101 Å². The smallest absolute Gasteiger partial charge is 0.159 e. The number of allylic oxidation sites excluding steroid dienone is 5. The highest BCUT2D eigenvalue weighted by Crippen LogP contribution is 2.47. The molecule has 0 heterocycles. The Balaban J connectivity index is 0. The molecule has 8 aliphatic rings. The summed E-state index contributed by atoms with van der Waals surface area (Å²) in [5.41, 5.74) is 3.94. The van der Waals surface area contributed by atoms with Crippen LogP contribution >= 0.6 is 0 Å². The van der Waals surface area contributed by atoms with E-state index in [1.54, 1.807) is 11.6 Å². The molecule has 0 radical (unpaired) electrons. The van der Waals surface area contributed by atoms with Crippen molar-refractivity contribution >= 4 is 0 Å². The molecule has 2 aromatic rings. The van der Waals surface area contributed by atoms with E-state index in [1.807, 2.05) is 0 Å². The summed E-state index contributed by atoms with van der Waals surface area (Å²) < 4.78 is 26.4. The average molecular weight is 1030 g/mol. The number of hydrogen-bond acceptors (Lipinski definition) is 0. The molecule has 0 aromatic heterocycles. The molecular formula is C72H126F2. The van der Waals surface area contributed by atoms with Crippen LogP contribution in [0.3, 0.4) is 0 Å². The largest absolute Gasteiger partial charge is 0.204 e. The molecule has 0 nitrogen and oxygen atoms in total. The highest BCUT2D eigenvalue weighted by molar-refractivity contribution is 5.25. The SMILES string of the molecule is C/C=C/C1CCC(C2CCC(C)CC2)CC1.C=CC1CCC(C2CCC(C)CC2)CC1.C=CC1CCC(C2CCC(c3ccc(C)cc3)CC2)CC1.C=CC1CCC(C2CCC(c3ccc(F)c(F)c3)CC2)CC1.[HH].[HH].[HH].[HH].[HH].[HH].[HH].[HH]. The van der Waals surface area contributed by atoms with Crippen molar-refractivity contribution in [3.8, 4) is 0 Å². The zero-order valence-electron chi connectivity index (χ0n) is 48.2. The van der Waals surface area contributed by atoms with Gasteiger partial charge in [-0.05, 0) is 312 Å². The highest BCUT2D eigenvalue weighted by atomic mass is 19.2. The third-order valence-electron chi connectivity index (χ3n) is 22.0. The van der Waals surface area contributed by atoms with E-state index >= 15 is 0 Å². The van der Waals surface area contributed by atoms with Crippen molar-refractivity contribution in [1.82, 2.24) is 0 Å². The van der Waals surface area contributed by atoms with Crippen LogP contribution in [0.15, 0.2) is 92.6 Å². The summed E-state index contributed by atoms with van der Waals surface area (Å²) in [6, 6.07) is 13.7. The van der Waals surface area contributed by atoms with Gasteiger partial charge in [-0.1, -0.05) is 106 Å². The Labute approximate surface area is 467 Å². The minimum absolute atomic E-state index is 0. The van der Waals surface area contributed by atoms with Crippen LogP contribution in [-0.4, -0.2) is 0 Å². The van der Waals surface area contributed by atoms with E-state index in [9.17, 15) is 8.78 Å². The number of hydrogen-bond donors (Lipinski definition) is 0. The second kappa shape index (κ2) is 31.0. The van der Waals surface area contributed by atoms with E-state index in [2.05, 4.69) is 102 Å². The molecule has 0 aliphatic heterocycles. The van der Waals surface area contributed by atoms with Gasteiger partial charge in [0.1, 0.15) is 0 Å². The maximum Gasteiger partial charge on any atom is 0.159 e. The Bertz CT molecular complexity index is 1930. The van der Waals surface area contributed by atoms with Gasteiger partial charge in [0.15, 0.2) is 11.6 Å². The summed E-state index contributed by atoms with van der Waals surface area (Å²) in [4.78, 5) is 0. The van der Waals surface area contributed by atoms with Crippen LogP contribution in [-0.2, 0) is 0 Å². The molecule has 0 atom stereocenters. The maximum atomic E-state index is 13.4. The van der Waals surface area contributed by atoms with E-state index in [0.717, 1.165) is 107 Å². The fourth-order valence-corrected chi connectivity index (χ4v) is 16.6. The standard InChI is InChI=1S/C21H30.C20H26F2.C16H28.C15H26.8H2/c1-3-17-6-10-19(11-7-17)21-14-12-20(13-15-21)18-8-4-16(2)5-9-18;1-2-14-3-5-15(6-4-14)16-7-9-17(10-8-16)18-11-12-19(21)20(22)13-18;1-3-4-14-7-11-16(12-8-14)15-9-5-13(2)6-10-15;1-3-13-6-10-15(11-7-13)14-8-4-12(2)5-9-14;;;;;;;;/h3-5,8-9,17,19-21H,1,6-7,10-15H2,2H3;2,11-17H,1,3-10H2;3-4,13-16H,5-12H2,1-2H3;3,12-15H,1,4-11H2,2H3;8*1H/b;;4-3+;;;;;;;;;. The molecule has 10 rings (SSSR count). The Morgan fingerprint density at radius 1 is 0.365 bits per heavy atom. The van der Waals surface area contributed by atoms with Crippen molar-refractivity contribution in [2.45, 2.75) is 245 Å². The maximum absolute atomic E-state index is 13.4. The van der Waals surface area contributed by atoms with Crippen molar-refractivity contribution in [3.63, 3.8) is 0 Å². The van der Waals surface area contributed by atoms with E-state index in [-0.39, 0.29) is 11.4 Å². The van der Waals surface area contributed by atoms with Gasteiger partial charge in [0.2, 0.25) is 0 Å². The van der Waals surface area contributed by atoms with Crippen molar-refractivity contribution < 1.29 is 20.2 Å². The lowest BCUT2D eigenvalue weighted by Gasteiger charge is -2.37. The van der Waals surface area contributed by atoms with Crippen LogP contribution in [0.5, 0.6) is 0 Å². The second-order valence-electron chi connectivity index (χ2n) is 26.8. The summed E-state index contributed by atoms with van der Waals surface area (Å²) in [5.74, 6) is 13.1. The minimum Gasteiger partial charge on any atom is -0.204 e. The van der Waals surface area contributed by atoms with Gasteiger partial charge in [0.25, 0.3) is 0 Å². The molecule has 8 saturated carbocycles. The van der Waals surface area contributed by atoms with Crippen molar-refractivity contribution in [3.05, 3.63) is 121 Å². The van der Waals surface area contributed by atoms with E-state index in [4.69, 9.17) is 0 Å². The summed E-state index contributed by atoms with van der Waals surface area (Å²) in [6.45, 7) is 21.0. The highest BCUT2D eigenvalue weighted by Gasteiger charge is 2.34. The number of halogens is 2. The first-order valence-electron chi connectivity index (χ1n) is 32.0. The quantitative estimate of drug-likeness (QED) is 0.208. The van der Waals surface area contributed by atoms with Crippen LogP contribution in [0.4, 0.5) is 8.78 Å². The van der Waals surface area contributed by atoms with Gasteiger partial charge in [0, 0.05) is 11.4 Å². The van der Waals surface area contributed by atoms with Gasteiger partial charge >= 0.3 is 0 Å². The molecule has 0 bridgehead atoms. The summed E-state index contributed by atoms with van der Waals surface area (Å²) in [7, 11) is 0. The molecule has 0 unspecified atom stereocenters. The molecule has 0 amide bonds. The Kier molecular flexibility index (Phi) is 24.7. The monoisotopic (exact) mass is 1030 g/mol. The fraction of sp³-hybridized carbons (Fsp3) is 0.722. The topological polar surface area (TPSA) is 0 Å². The zero-order valence-corrected chi connectivity index (χ0v) is 48.2. The predicted molar refractivity (Wildman–Crippen MR) is 333 cm³/mol. The average Bonchev–Trinajstić information content (AvgIpc) is 3.45. The molecule has 8 fully saturated rings. The van der Waals surface area contributed by atoms with E-state index in [1.165, 1.54) is 210 Å². The summed E-state index contributed by atoms with van der Waals surface area (Å²) >= 11 is 0. The lowest BCUT2D eigenvalue weighted by molar-refractivity contribution is 0.160.